The Kier molecular flexibility index (Phi) is 4.90. The molecule has 7 heteroatoms. The average Bonchev–Trinajstić information content (AvgIpc) is 2.37. The second-order valence-corrected chi connectivity index (χ2v) is 5.80. The molecule has 0 unspecified atom stereocenters. The van der Waals surface area contributed by atoms with Crippen LogP contribution in [-0.2, 0) is 14.8 Å². The number of amides is 1. The molecule has 0 aromatic heterocycles. The van der Waals surface area contributed by atoms with Gasteiger partial charge in [-0.1, -0.05) is 0 Å². The van der Waals surface area contributed by atoms with Crippen molar-refractivity contribution in [1.82, 2.24) is 10.0 Å². The van der Waals surface area contributed by atoms with Crippen molar-refractivity contribution in [2.45, 2.75) is 24.8 Å². The summed E-state index contributed by atoms with van der Waals surface area (Å²) in [6.45, 7) is 3.23. The molecule has 2 N–H and O–H groups in total. The van der Waals surface area contributed by atoms with Crippen LogP contribution in [0.4, 0.5) is 0 Å². The van der Waals surface area contributed by atoms with Crippen LogP contribution in [0.2, 0.25) is 0 Å². The van der Waals surface area contributed by atoms with Crippen LogP contribution in [0.1, 0.15) is 12.5 Å². The highest BCUT2D eigenvalue weighted by molar-refractivity contribution is 7.89. The van der Waals surface area contributed by atoms with Gasteiger partial charge in [0.15, 0.2) is 0 Å². The van der Waals surface area contributed by atoms with Crippen LogP contribution >= 0.6 is 0 Å². The zero-order chi connectivity index (χ0) is 14.6. The Morgan fingerprint density at radius 2 is 2.00 bits per heavy atom. The van der Waals surface area contributed by atoms with Gasteiger partial charge in [0, 0.05) is 7.05 Å². The Labute approximate surface area is 113 Å². The molecular weight excluding hydrogens is 268 g/mol. The van der Waals surface area contributed by atoms with Gasteiger partial charge in [0.1, 0.15) is 5.75 Å². The summed E-state index contributed by atoms with van der Waals surface area (Å²) in [7, 11) is -0.763. The zero-order valence-corrected chi connectivity index (χ0v) is 12.2. The van der Waals surface area contributed by atoms with Gasteiger partial charge in [0.2, 0.25) is 15.9 Å². The van der Waals surface area contributed by atoms with Crippen molar-refractivity contribution >= 4 is 15.9 Å². The third-order valence-corrected chi connectivity index (χ3v) is 4.19. The lowest BCUT2D eigenvalue weighted by Crippen LogP contribution is -2.43. The van der Waals surface area contributed by atoms with E-state index in [1.807, 2.05) is 0 Å². The molecule has 106 valence electrons. The molecule has 0 aliphatic rings. The van der Waals surface area contributed by atoms with Crippen molar-refractivity contribution in [3.63, 3.8) is 0 Å². The lowest BCUT2D eigenvalue weighted by atomic mass is 10.2. The molecule has 0 saturated carbocycles. The van der Waals surface area contributed by atoms with Crippen molar-refractivity contribution < 1.29 is 17.9 Å². The molecular formula is C12H18N2O4S. The highest BCUT2D eigenvalue weighted by atomic mass is 32.2. The highest BCUT2D eigenvalue weighted by Crippen LogP contribution is 2.21. The molecule has 0 bridgehead atoms. The number of benzene rings is 1. The van der Waals surface area contributed by atoms with Crippen molar-refractivity contribution in [2.75, 3.05) is 14.2 Å². The zero-order valence-electron chi connectivity index (χ0n) is 11.4. The predicted octanol–water partition coefficient (Wildman–Crippen LogP) is 0.416. The van der Waals surface area contributed by atoms with Crippen LogP contribution in [0.15, 0.2) is 23.1 Å². The molecule has 1 rings (SSSR count). The summed E-state index contributed by atoms with van der Waals surface area (Å²) in [6.07, 6.45) is 0. The number of hydrogen-bond donors (Lipinski definition) is 2. The lowest BCUT2D eigenvalue weighted by molar-refractivity contribution is -0.121. The van der Waals surface area contributed by atoms with Crippen molar-refractivity contribution in [3.8, 4) is 5.75 Å². The molecule has 1 amide bonds. The molecule has 1 aromatic rings. The molecule has 0 spiro atoms. The Balaban J connectivity index is 3.01. The van der Waals surface area contributed by atoms with Crippen LogP contribution in [-0.4, -0.2) is 34.5 Å². The second kappa shape index (κ2) is 6.03. The maximum Gasteiger partial charge on any atom is 0.241 e. The van der Waals surface area contributed by atoms with E-state index < -0.39 is 22.0 Å². The normalized spacial score (nSPS) is 12.8. The number of hydrogen-bond acceptors (Lipinski definition) is 4. The van der Waals surface area contributed by atoms with Gasteiger partial charge in [-0.3, -0.25) is 4.79 Å². The standard InChI is InChI=1S/C12H18N2O4S/c1-8-7-10(5-6-11(8)18-4)19(16,17)14-9(2)12(15)13-3/h5-7,9,14H,1-4H3,(H,13,15)/t9-/m1/s1. The number of sulfonamides is 1. The Morgan fingerprint density at radius 1 is 1.37 bits per heavy atom. The van der Waals surface area contributed by atoms with E-state index in [2.05, 4.69) is 10.0 Å². The van der Waals surface area contributed by atoms with Crippen LogP contribution in [0.5, 0.6) is 5.75 Å². The summed E-state index contributed by atoms with van der Waals surface area (Å²) in [5, 5.41) is 2.38. The Morgan fingerprint density at radius 3 is 2.47 bits per heavy atom. The summed E-state index contributed by atoms with van der Waals surface area (Å²) >= 11 is 0. The summed E-state index contributed by atoms with van der Waals surface area (Å²) in [6, 6.07) is 3.68. The monoisotopic (exact) mass is 286 g/mol. The van der Waals surface area contributed by atoms with Gasteiger partial charge in [0.25, 0.3) is 0 Å². The number of rotatable bonds is 5. The van der Waals surface area contributed by atoms with Gasteiger partial charge >= 0.3 is 0 Å². The van der Waals surface area contributed by atoms with E-state index in [9.17, 15) is 13.2 Å². The molecule has 0 heterocycles. The smallest absolute Gasteiger partial charge is 0.241 e. The fraction of sp³-hybridized carbons (Fsp3) is 0.417. The summed E-state index contributed by atoms with van der Waals surface area (Å²) < 4.78 is 31.5. The molecule has 19 heavy (non-hydrogen) atoms. The van der Waals surface area contributed by atoms with E-state index in [0.717, 1.165) is 0 Å². The van der Waals surface area contributed by atoms with E-state index in [1.165, 1.54) is 33.2 Å². The fourth-order valence-corrected chi connectivity index (χ4v) is 2.88. The maximum absolute atomic E-state index is 12.1. The minimum Gasteiger partial charge on any atom is -0.496 e. The number of carbonyl (C=O) groups excluding carboxylic acids is 1. The SMILES string of the molecule is CNC(=O)[C@@H](C)NS(=O)(=O)c1ccc(OC)c(C)c1. The van der Waals surface area contributed by atoms with Crippen molar-refractivity contribution in [3.05, 3.63) is 23.8 Å². The first kappa shape index (κ1) is 15.5. The Hall–Kier alpha value is -1.60. The summed E-state index contributed by atoms with van der Waals surface area (Å²) in [4.78, 5) is 11.4. The molecule has 0 radical (unpaired) electrons. The van der Waals surface area contributed by atoms with Crippen LogP contribution < -0.4 is 14.8 Å². The van der Waals surface area contributed by atoms with E-state index >= 15 is 0 Å². The van der Waals surface area contributed by atoms with Gasteiger partial charge in [-0.2, -0.15) is 4.72 Å². The lowest BCUT2D eigenvalue weighted by Gasteiger charge is -2.13. The molecule has 0 aliphatic carbocycles. The van der Waals surface area contributed by atoms with E-state index in [1.54, 1.807) is 13.0 Å². The maximum atomic E-state index is 12.1. The molecule has 6 nitrogen and oxygen atoms in total. The van der Waals surface area contributed by atoms with Gasteiger partial charge in [0.05, 0.1) is 18.0 Å². The highest BCUT2D eigenvalue weighted by Gasteiger charge is 2.21. The number of aryl methyl sites for hydroxylation is 1. The first-order chi connectivity index (χ1) is 8.81. The van der Waals surface area contributed by atoms with Gasteiger partial charge in [-0.25, -0.2) is 8.42 Å². The number of methoxy groups -OCH3 is 1. The van der Waals surface area contributed by atoms with Gasteiger partial charge < -0.3 is 10.1 Å². The molecule has 1 aromatic carbocycles. The number of carbonyl (C=O) groups is 1. The third-order valence-electron chi connectivity index (χ3n) is 2.65. The van der Waals surface area contributed by atoms with E-state index in [-0.39, 0.29) is 4.90 Å². The first-order valence-corrected chi connectivity index (χ1v) is 7.18. The topological polar surface area (TPSA) is 84.5 Å². The van der Waals surface area contributed by atoms with Crippen LogP contribution in [0.25, 0.3) is 0 Å². The first-order valence-electron chi connectivity index (χ1n) is 5.70. The fourth-order valence-electron chi connectivity index (χ4n) is 1.59. The quantitative estimate of drug-likeness (QED) is 0.821. The molecule has 0 fully saturated rings. The number of likely N-dealkylation sites (N-methyl/N-ethyl adjacent to an activating group) is 1. The summed E-state index contributed by atoms with van der Waals surface area (Å²) in [5.74, 6) is 0.215. The van der Waals surface area contributed by atoms with Crippen molar-refractivity contribution in [2.24, 2.45) is 0 Å². The van der Waals surface area contributed by atoms with Gasteiger partial charge in [-0.05, 0) is 37.6 Å². The van der Waals surface area contributed by atoms with Crippen LogP contribution in [0, 0.1) is 6.92 Å². The molecule has 0 aliphatic heterocycles. The largest absolute Gasteiger partial charge is 0.496 e. The Bertz CT molecular complexity index is 569. The predicted molar refractivity (Wildman–Crippen MR) is 71.6 cm³/mol. The third kappa shape index (κ3) is 3.68. The average molecular weight is 286 g/mol. The molecule has 1 atom stereocenters. The second-order valence-electron chi connectivity index (χ2n) is 4.09. The van der Waals surface area contributed by atoms with Crippen LogP contribution in [0.3, 0.4) is 0 Å². The minimum absolute atomic E-state index is 0.0987. The van der Waals surface area contributed by atoms with E-state index in [4.69, 9.17) is 4.74 Å². The number of ether oxygens (including phenoxy) is 1. The van der Waals surface area contributed by atoms with Crippen molar-refractivity contribution in [1.29, 1.82) is 0 Å². The molecule has 0 saturated heterocycles. The van der Waals surface area contributed by atoms with E-state index in [0.29, 0.717) is 11.3 Å². The van der Waals surface area contributed by atoms with Gasteiger partial charge in [-0.15, -0.1) is 0 Å². The minimum atomic E-state index is -3.73. The summed E-state index contributed by atoms with van der Waals surface area (Å²) in [5.41, 5.74) is 0.706. The number of nitrogens with one attached hydrogen (secondary N) is 2.